The SMILES string of the molecule is Oc1c(CN[C@@H](c2cccc3ccccc23)[C@@H](NCc2cc3ccccc3c(-c3c(-c4ccccc4)ccc4ccccc34)c2O)c2cccc3ccccc23)cc2ccccc2c1-c1c(-c2ccccc2)ccc2ccccc12. The van der Waals surface area contributed by atoms with Crippen molar-refractivity contribution in [1.29, 1.82) is 0 Å². The van der Waals surface area contributed by atoms with Crippen molar-refractivity contribution in [3.8, 4) is 56.0 Å². The Morgan fingerprint density at radius 2 is 0.562 bits per heavy atom. The molecule has 4 nitrogen and oxygen atoms in total. The van der Waals surface area contributed by atoms with Crippen LogP contribution < -0.4 is 10.6 Å². The van der Waals surface area contributed by atoms with Crippen molar-refractivity contribution >= 4 is 64.6 Å². The van der Waals surface area contributed by atoms with Gasteiger partial charge in [0.15, 0.2) is 0 Å². The number of hydrogen-bond acceptors (Lipinski definition) is 4. The first-order valence-corrected chi connectivity index (χ1v) is 27.6. The van der Waals surface area contributed by atoms with Gasteiger partial charge in [0.1, 0.15) is 11.5 Å². The molecule has 0 radical (unpaired) electrons. The fourth-order valence-electron chi connectivity index (χ4n) is 12.7. The maximum Gasteiger partial charge on any atom is 0.128 e. The minimum absolute atomic E-state index is 0.244. The number of nitrogens with one attached hydrogen (secondary N) is 2. The number of phenolic OH excluding ortho intramolecular Hbond substituents is 2. The molecule has 0 amide bonds. The Bertz CT molecular complexity index is 4340. The molecular weight excluding hydrogens is 973 g/mol. The van der Waals surface area contributed by atoms with Gasteiger partial charge >= 0.3 is 0 Å². The molecule has 0 saturated carbocycles. The zero-order chi connectivity index (χ0) is 53.5. The van der Waals surface area contributed by atoms with Crippen LogP contribution in [-0.2, 0) is 13.1 Å². The lowest BCUT2D eigenvalue weighted by Gasteiger charge is -2.32. The molecule has 0 aliphatic rings. The number of rotatable bonds is 13. The van der Waals surface area contributed by atoms with Crippen LogP contribution in [0.2, 0.25) is 0 Å². The summed E-state index contributed by atoms with van der Waals surface area (Å²) in [5, 5.41) is 47.6. The molecule has 0 aromatic heterocycles. The highest BCUT2D eigenvalue weighted by Crippen LogP contribution is 2.49. The molecule has 0 saturated heterocycles. The van der Waals surface area contributed by atoms with Gasteiger partial charge in [-0.25, -0.2) is 0 Å². The predicted molar refractivity (Wildman–Crippen MR) is 335 cm³/mol. The van der Waals surface area contributed by atoms with Crippen molar-refractivity contribution in [3.05, 3.63) is 301 Å². The van der Waals surface area contributed by atoms with Gasteiger partial charge in [0, 0.05) is 46.5 Å². The van der Waals surface area contributed by atoms with Crippen molar-refractivity contribution < 1.29 is 10.2 Å². The summed E-state index contributed by atoms with van der Waals surface area (Å²) in [6.45, 7) is 0.668. The van der Waals surface area contributed by atoms with Crippen LogP contribution in [0, 0.1) is 0 Å². The summed E-state index contributed by atoms with van der Waals surface area (Å²) >= 11 is 0. The van der Waals surface area contributed by atoms with Gasteiger partial charge in [-0.1, -0.05) is 267 Å². The lowest BCUT2D eigenvalue weighted by molar-refractivity contribution is 0.377. The Labute approximate surface area is 465 Å². The number of fused-ring (bicyclic) bond motifs is 6. The molecule has 0 fully saturated rings. The van der Waals surface area contributed by atoms with E-state index in [1.165, 1.54) is 0 Å². The summed E-state index contributed by atoms with van der Waals surface area (Å²) in [5.41, 5.74) is 11.7. The fraction of sp³-hybridized carbons (Fsp3) is 0.0526. The Hall–Kier alpha value is -9.84. The minimum Gasteiger partial charge on any atom is -0.507 e. The standard InChI is InChI=1S/C76H56N2O2/c79-75-57(45-55-29-11-17-37-63(55)71(75)69-61-35-15-9-27-53(61)41-43-65(69)51-21-3-1-4-22-51)47-77-73(67-39-19-31-49-25-7-13-33-59(49)67)74(68-40-20-32-50-26-8-14-34-60(50)68)78-48-58-46-56-30-12-18-38-64(56)72(76(58)80)70-62-36-16-10-28-54(62)42-44-66(70)52-23-5-2-6-24-52/h1-46,73-74,77-80H,47-48H2/t73-,74-/m0/s1. The zero-order valence-electron chi connectivity index (χ0n) is 44.0. The van der Waals surface area contributed by atoms with Crippen LogP contribution in [0.25, 0.3) is 109 Å². The first kappa shape index (κ1) is 48.5. The molecule has 14 rings (SSSR count). The third-order valence-corrected chi connectivity index (χ3v) is 16.4. The lowest BCUT2D eigenvalue weighted by atomic mass is 9.85. The van der Waals surface area contributed by atoms with Crippen LogP contribution in [0.3, 0.4) is 0 Å². The molecule has 0 aliphatic carbocycles. The average Bonchev–Trinajstić information content (AvgIpc) is 3.70. The highest BCUT2D eigenvalue weighted by molar-refractivity contribution is 6.14. The Kier molecular flexibility index (Phi) is 12.6. The smallest absolute Gasteiger partial charge is 0.128 e. The molecule has 14 aromatic rings. The molecule has 14 aromatic carbocycles. The molecule has 4 heteroatoms. The molecule has 0 spiro atoms. The normalized spacial score (nSPS) is 12.4. The zero-order valence-corrected chi connectivity index (χ0v) is 44.0. The van der Waals surface area contributed by atoms with E-state index in [9.17, 15) is 10.2 Å². The molecule has 0 aliphatic heterocycles. The molecule has 382 valence electrons. The van der Waals surface area contributed by atoms with Crippen LogP contribution >= 0.6 is 0 Å². The van der Waals surface area contributed by atoms with Crippen LogP contribution in [0.4, 0.5) is 0 Å². The van der Waals surface area contributed by atoms with Crippen molar-refractivity contribution in [3.63, 3.8) is 0 Å². The van der Waals surface area contributed by atoms with Crippen molar-refractivity contribution in [2.45, 2.75) is 25.2 Å². The van der Waals surface area contributed by atoms with Gasteiger partial charge in [-0.3, -0.25) is 0 Å². The maximum absolute atomic E-state index is 13.2. The van der Waals surface area contributed by atoms with Crippen LogP contribution in [0.15, 0.2) is 279 Å². The average molecular weight is 1030 g/mol. The van der Waals surface area contributed by atoms with E-state index < -0.39 is 0 Å². The quantitative estimate of drug-likeness (QED) is 0.0929. The third-order valence-electron chi connectivity index (χ3n) is 16.4. The van der Waals surface area contributed by atoms with Crippen molar-refractivity contribution in [2.75, 3.05) is 0 Å². The highest BCUT2D eigenvalue weighted by atomic mass is 16.3. The van der Waals surface area contributed by atoms with E-state index in [-0.39, 0.29) is 23.6 Å². The molecule has 0 bridgehead atoms. The van der Waals surface area contributed by atoms with E-state index in [1.807, 2.05) is 12.1 Å². The van der Waals surface area contributed by atoms with E-state index >= 15 is 0 Å². The molecular formula is C76H56N2O2. The monoisotopic (exact) mass is 1030 g/mol. The number of benzene rings is 14. The van der Waals surface area contributed by atoms with Gasteiger partial charge in [0.2, 0.25) is 0 Å². The second kappa shape index (κ2) is 20.8. The summed E-state index contributed by atoms with van der Waals surface area (Å²) < 4.78 is 0. The Morgan fingerprint density at radius 1 is 0.263 bits per heavy atom. The Balaban J connectivity index is 0.950. The molecule has 0 unspecified atom stereocenters. The molecule has 0 heterocycles. The highest BCUT2D eigenvalue weighted by Gasteiger charge is 2.30. The minimum atomic E-state index is -0.372. The van der Waals surface area contributed by atoms with Gasteiger partial charge in [-0.15, -0.1) is 0 Å². The fourth-order valence-corrected chi connectivity index (χ4v) is 12.7. The largest absolute Gasteiger partial charge is 0.507 e. The van der Waals surface area contributed by atoms with Gasteiger partial charge in [0.25, 0.3) is 0 Å². The number of hydrogen-bond donors (Lipinski definition) is 4. The topological polar surface area (TPSA) is 64.5 Å². The van der Waals surface area contributed by atoms with Gasteiger partial charge in [0.05, 0.1) is 12.1 Å². The predicted octanol–water partition coefficient (Wildman–Crippen LogP) is 19.0. The van der Waals surface area contributed by atoms with E-state index in [4.69, 9.17) is 0 Å². The molecule has 80 heavy (non-hydrogen) atoms. The van der Waals surface area contributed by atoms with Gasteiger partial charge in [-0.2, -0.15) is 0 Å². The third kappa shape index (κ3) is 8.68. The second-order valence-corrected chi connectivity index (χ2v) is 21.0. The number of phenols is 2. The summed E-state index contributed by atoms with van der Waals surface area (Å²) in [6.07, 6.45) is 0. The van der Waals surface area contributed by atoms with Gasteiger partial charge < -0.3 is 20.8 Å². The maximum atomic E-state index is 13.2. The Morgan fingerprint density at radius 3 is 0.950 bits per heavy atom. The first-order chi connectivity index (χ1) is 39.6. The van der Waals surface area contributed by atoms with E-state index in [1.54, 1.807) is 0 Å². The van der Waals surface area contributed by atoms with Crippen LogP contribution in [-0.4, -0.2) is 10.2 Å². The lowest BCUT2D eigenvalue weighted by Crippen LogP contribution is -2.35. The second-order valence-electron chi connectivity index (χ2n) is 21.0. The van der Waals surface area contributed by atoms with Crippen molar-refractivity contribution in [1.82, 2.24) is 10.6 Å². The summed E-state index contributed by atoms with van der Waals surface area (Å²) in [4.78, 5) is 0. The van der Waals surface area contributed by atoms with Gasteiger partial charge in [-0.05, 0) is 110 Å². The summed E-state index contributed by atoms with van der Waals surface area (Å²) in [5.74, 6) is 0.487. The molecule has 4 N–H and O–H groups in total. The van der Waals surface area contributed by atoms with Crippen LogP contribution in [0.1, 0.15) is 34.3 Å². The first-order valence-electron chi connectivity index (χ1n) is 27.6. The van der Waals surface area contributed by atoms with E-state index in [0.29, 0.717) is 13.1 Å². The van der Waals surface area contributed by atoms with Crippen LogP contribution in [0.5, 0.6) is 11.5 Å². The number of aromatic hydroxyl groups is 2. The molecule has 2 atom stereocenters. The van der Waals surface area contributed by atoms with Crippen molar-refractivity contribution in [2.24, 2.45) is 0 Å². The summed E-state index contributed by atoms with van der Waals surface area (Å²) in [7, 11) is 0. The summed E-state index contributed by atoms with van der Waals surface area (Å²) in [6, 6.07) is 97.5. The van der Waals surface area contributed by atoms with E-state index in [0.717, 1.165) is 131 Å². The van der Waals surface area contributed by atoms with E-state index in [2.05, 4.69) is 278 Å².